The maximum Gasteiger partial charge on any atom is 0.189 e. The fourth-order valence-corrected chi connectivity index (χ4v) is 2.17. The second-order valence-electron chi connectivity index (χ2n) is 4.89. The molecule has 5 nitrogen and oxygen atoms in total. The molecule has 6 heteroatoms. The second kappa shape index (κ2) is 6.71. The maximum atomic E-state index is 13.3. The van der Waals surface area contributed by atoms with Crippen LogP contribution in [0.4, 0.5) is 4.39 Å². The van der Waals surface area contributed by atoms with Crippen molar-refractivity contribution in [3.63, 3.8) is 0 Å². The number of nitrogens with zero attached hydrogens (tertiary/aromatic N) is 4. The molecule has 0 fully saturated rings. The minimum absolute atomic E-state index is 0.162. The summed E-state index contributed by atoms with van der Waals surface area (Å²) in [5.41, 5.74) is 1.50. The molecule has 0 aliphatic carbocycles. The average molecular weight is 308 g/mol. The van der Waals surface area contributed by atoms with Crippen molar-refractivity contribution in [2.45, 2.75) is 13.2 Å². The van der Waals surface area contributed by atoms with Crippen molar-refractivity contribution in [3.05, 3.63) is 77.4 Å². The van der Waals surface area contributed by atoms with E-state index in [9.17, 15) is 4.39 Å². The SMILES string of the molecule is N#Cc1nnn(Cc2cccc(F)c2)c1COc1ccccc1. The molecule has 3 aromatic rings. The Morgan fingerprint density at radius 1 is 1.13 bits per heavy atom. The smallest absolute Gasteiger partial charge is 0.189 e. The topological polar surface area (TPSA) is 63.7 Å². The van der Waals surface area contributed by atoms with Gasteiger partial charge in [-0.1, -0.05) is 35.5 Å². The second-order valence-corrected chi connectivity index (χ2v) is 4.89. The fraction of sp³-hybridized carbons (Fsp3) is 0.118. The van der Waals surface area contributed by atoms with Crippen molar-refractivity contribution in [2.24, 2.45) is 0 Å². The lowest BCUT2D eigenvalue weighted by Gasteiger charge is -2.09. The molecule has 1 heterocycles. The summed E-state index contributed by atoms with van der Waals surface area (Å²) in [6.45, 7) is 0.481. The number of nitriles is 1. The van der Waals surface area contributed by atoms with Gasteiger partial charge in [-0.25, -0.2) is 9.07 Å². The van der Waals surface area contributed by atoms with Crippen molar-refractivity contribution in [3.8, 4) is 11.8 Å². The highest BCUT2D eigenvalue weighted by atomic mass is 19.1. The molecule has 114 valence electrons. The third kappa shape index (κ3) is 3.52. The lowest BCUT2D eigenvalue weighted by molar-refractivity contribution is 0.293. The summed E-state index contributed by atoms with van der Waals surface area (Å²) in [5.74, 6) is 0.375. The van der Waals surface area contributed by atoms with E-state index in [2.05, 4.69) is 10.3 Å². The highest BCUT2D eigenvalue weighted by Gasteiger charge is 2.14. The molecule has 0 spiro atoms. The number of hydrogen-bond donors (Lipinski definition) is 0. The molecule has 0 aliphatic heterocycles. The molecule has 0 bridgehead atoms. The van der Waals surface area contributed by atoms with Crippen molar-refractivity contribution >= 4 is 0 Å². The minimum Gasteiger partial charge on any atom is -0.487 e. The Labute approximate surface area is 132 Å². The zero-order valence-corrected chi connectivity index (χ0v) is 12.2. The molecule has 0 saturated carbocycles. The van der Waals surface area contributed by atoms with Gasteiger partial charge in [0.05, 0.1) is 6.54 Å². The van der Waals surface area contributed by atoms with Crippen LogP contribution >= 0.6 is 0 Å². The Bertz CT molecular complexity index is 839. The number of halogens is 1. The van der Waals surface area contributed by atoms with E-state index in [0.717, 1.165) is 5.56 Å². The van der Waals surface area contributed by atoms with Crippen LogP contribution in [-0.2, 0) is 13.2 Å². The molecule has 0 atom stereocenters. The zero-order valence-electron chi connectivity index (χ0n) is 12.2. The predicted octanol–water partition coefficient (Wildman–Crippen LogP) is 2.92. The molecule has 2 aromatic carbocycles. The van der Waals surface area contributed by atoms with Gasteiger partial charge in [-0.15, -0.1) is 5.10 Å². The Hall–Kier alpha value is -3.20. The standard InChI is InChI=1S/C17H13FN4O/c18-14-6-4-5-13(9-14)11-22-17(16(10-19)20-21-22)12-23-15-7-2-1-3-8-15/h1-9H,11-12H2. The summed E-state index contributed by atoms with van der Waals surface area (Å²) in [6.07, 6.45) is 0. The Kier molecular flexibility index (Phi) is 4.29. The number of benzene rings is 2. The van der Waals surface area contributed by atoms with E-state index in [4.69, 9.17) is 10.00 Å². The number of para-hydroxylation sites is 1. The van der Waals surface area contributed by atoms with Crippen molar-refractivity contribution in [1.82, 2.24) is 15.0 Å². The highest BCUT2D eigenvalue weighted by molar-refractivity contribution is 5.27. The minimum atomic E-state index is -0.315. The van der Waals surface area contributed by atoms with Gasteiger partial charge in [-0.05, 0) is 29.8 Å². The van der Waals surface area contributed by atoms with Crippen LogP contribution in [0.5, 0.6) is 5.75 Å². The lowest BCUT2D eigenvalue weighted by atomic mass is 10.2. The number of rotatable bonds is 5. The first-order chi connectivity index (χ1) is 11.3. The van der Waals surface area contributed by atoms with E-state index in [-0.39, 0.29) is 18.1 Å². The van der Waals surface area contributed by atoms with Crippen LogP contribution in [-0.4, -0.2) is 15.0 Å². The van der Waals surface area contributed by atoms with E-state index < -0.39 is 0 Å². The van der Waals surface area contributed by atoms with E-state index in [1.165, 1.54) is 12.1 Å². The fourth-order valence-electron chi connectivity index (χ4n) is 2.17. The summed E-state index contributed by atoms with van der Waals surface area (Å²) >= 11 is 0. The summed E-state index contributed by atoms with van der Waals surface area (Å²) in [6, 6.07) is 17.5. The van der Waals surface area contributed by atoms with Crippen LogP contribution < -0.4 is 4.74 Å². The molecule has 0 saturated heterocycles. The van der Waals surface area contributed by atoms with Crippen LogP contribution in [0, 0.1) is 17.1 Å². The zero-order chi connectivity index (χ0) is 16.1. The number of hydrogen-bond acceptors (Lipinski definition) is 4. The maximum absolute atomic E-state index is 13.3. The van der Waals surface area contributed by atoms with Gasteiger partial charge >= 0.3 is 0 Å². The van der Waals surface area contributed by atoms with Crippen molar-refractivity contribution < 1.29 is 9.13 Å². The third-order valence-corrected chi connectivity index (χ3v) is 3.28. The third-order valence-electron chi connectivity index (χ3n) is 3.28. The molecule has 0 radical (unpaired) electrons. The first kappa shape index (κ1) is 14.7. The van der Waals surface area contributed by atoms with Crippen LogP contribution in [0.1, 0.15) is 17.0 Å². The van der Waals surface area contributed by atoms with Gasteiger partial charge in [0.2, 0.25) is 0 Å². The van der Waals surface area contributed by atoms with E-state index in [1.807, 2.05) is 36.4 Å². The summed E-state index contributed by atoms with van der Waals surface area (Å²) in [7, 11) is 0. The molecule has 0 aliphatic rings. The van der Waals surface area contributed by atoms with Gasteiger partial charge in [-0.2, -0.15) is 5.26 Å². The largest absolute Gasteiger partial charge is 0.487 e. The predicted molar refractivity (Wildman–Crippen MR) is 81.0 cm³/mol. The van der Waals surface area contributed by atoms with E-state index in [1.54, 1.807) is 16.8 Å². The molecular weight excluding hydrogens is 295 g/mol. The summed E-state index contributed by atoms with van der Waals surface area (Å²) in [4.78, 5) is 0. The monoisotopic (exact) mass is 308 g/mol. The van der Waals surface area contributed by atoms with Gasteiger partial charge in [0.1, 0.15) is 29.9 Å². The van der Waals surface area contributed by atoms with Crippen LogP contribution in [0.2, 0.25) is 0 Å². The van der Waals surface area contributed by atoms with Crippen molar-refractivity contribution in [1.29, 1.82) is 5.26 Å². The molecule has 0 unspecified atom stereocenters. The Balaban J connectivity index is 1.81. The molecule has 1 aromatic heterocycles. The first-order valence-electron chi connectivity index (χ1n) is 7.01. The molecule has 0 amide bonds. The lowest BCUT2D eigenvalue weighted by Crippen LogP contribution is -2.10. The molecule has 23 heavy (non-hydrogen) atoms. The normalized spacial score (nSPS) is 10.3. The molecular formula is C17H13FN4O. The first-order valence-corrected chi connectivity index (χ1v) is 7.01. The van der Waals surface area contributed by atoms with Crippen molar-refractivity contribution in [2.75, 3.05) is 0 Å². The Morgan fingerprint density at radius 2 is 1.96 bits per heavy atom. The summed E-state index contributed by atoms with van der Waals surface area (Å²) in [5, 5.41) is 17.0. The van der Waals surface area contributed by atoms with Crippen LogP contribution in [0.3, 0.4) is 0 Å². The Morgan fingerprint density at radius 3 is 2.70 bits per heavy atom. The average Bonchev–Trinajstić information content (AvgIpc) is 2.95. The molecule has 3 rings (SSSR count). The summed E-state index contributed by atoms with van der Waals surface area (Å²) < 4.78 is 20.5. The van der Waals surface area contributed by atoms with E-state index >= 15 is 0 Å². The highest BCUT2D eigenvalue weighted by Crippen LogP contribution is 2.14. The quantitative estimate of drug-likeness (QED) is 0.727. The number of aromatic nitrogens is 3. The van der Waals surface area contributed by atoms with Crippen LogP contribution in [0.15, 0.2) is 54.6 Å². The van der Waals surface area contributed by atoms with Gasteiger partial charge in [0, 0.05) is 0 Å². The number of ether oxygens (including phenoxy) is 1. The van der Waals surface area contributed by atoms with Gasteiger partial charge in [0.15, 0.2) is 5.69 Å². The van der Waals surface area contributed by atoms with Crippen LogP contribution in [0.25, 0.3) is 0 Å². The van der Waals surface area contributed by atoms with Gasteiger partial charge in [0.25, 0.3) is 0 Å². The molecule has 0 N–H and O–H groups in total. The van der Waals surface area contributed by atoms with Gasteiger partial charge < -0.3 is 4.74 Å². The van der Waals surface area contributed by atoms with E-state index in [0.29, 0.717) is 18.0 Å². The van der Waals surface area contributed by atoms with Gasteiger partial charge in [-0.3, -0.25) is 0 Å².